The monoisotopic (exact) mass is 376 g/mol. The summed E-state index contributed by atoms with van der Waals surface area (Å²) in [7, 11) is 0. The van der Waals surface area contributed by atoms with Gasteiger partial charge in [-0.25, -0.2) is 5.43 Å². The summed E-state index contributed by atoms with van der Waals surface area (Å²) >= 11 is 23.3. The molecule has 0 unspecified atom stereocenters. The van der Waals surface area contributed by atoms with Crippen molar-refractivity contribution in [3.63, 3.8) is 0 Å². The first-order valence-electron chi connectivity index (χ1n) is 5.85. The molecule has 22 heavy (non-hydrogen) atoms. The number of carbonyl (C=O) groups is 1. The van der Waals surface area contributed by atoms with E-state index >= 15 is 0 Å². The van der Waals surface area contributed by atoms with Crippen LogP contribution in [0, 0.1) is 0 Å². The van der Waals surface area contributed by atoms with Crippen LogP contribution in [0.25, 0.3) is 0 Å². The molecule has 0 saturated heterocycles. The fourth-order valence-corrected chi connectivity index (χ4v) is 2.52. The molecule has 0 aliphatic rings. The van der Waals surface area contributed by atoms with Crippen molar-refractivity contribution in [1.82, 2.24) is 5.43 Å². The van der Waals surface area contributed by atoms with Gasteiger partial charge in [0.05, 0.1) is 21.8 Å². The maximum absolute atomic E-state index is 11.9. The summed E-state index contributed by atoms with van der Waals surface area (Å²) in [5.74, 6) is -1.04. The highest BCUT2D eigenvalue weighted by molar-refractivity contribution is 6.37. The highest BCUT2D eigenvalue weighted by Gasteiger charge is 2.14. The van der Waals surface area contributed by atoms with Crippen LogP contribution in [0.4, 0.5) is 0 Å². The summed E-state index contributed by atoms with van der Waals surface area (Å²) in [6.45, 7) is 0. The van der Waals surface area contributed by atoms with E-state index in [4.69, 9.17) is 46.4 Å². The fraction of sp³-hybridized carbons (Fsp3) is 0. The van der Waals surface area contributed by atoms with Crippen LogP contribution in [-0.2, 0) is 0 Å². The highest BCUT2D eigenvalue weighted by atomic mass is 35.5. The van der Waals surface area contributed by atoms with Crippen LogP contribution in [0.15, 0.2) is 35.4 Å². The number of benzene rings is 2. The topological polar surface area (TPSA) is 61.7 Å². The van der Waals surface area contributed by atoms with Crippen molar-refractivity contribution in [3.8, 4) is 5.75 Å². The summed E-state index contributed by atoms with van der Waals surface area (Å²) in [5, 5.41) is 14.6. The van der Waals surface area contributed by atoms with E-state index in [2.05, 4.69) is 10.5 Å². The van der Waals surface area contributed by atoms with Gasteiger partial charge >= 0.3 is 0 Å². The van der Waals surface area contributed by atoms with Crippen molar-refractivity contribution in [2.24, 2.45) is 5.10 Å². The summed E-state index contributed by atoms with van der Waals surface area (Å²) in [6.07, 6.45) is 1.35. The standard InChI is InChI=1S/C14H8Cl4N2O2/c15-8-2-1-7(11(17)4-8)6-19-20-14(22)10-3-9(16)5-12(18)13(10)21/h1-6,21H,(H,20,22). The van der Waals surface area contributed by atoms with Crippen LogP contribution in [0.5, 0.6) is 5.75 Å². The lowest BCUT2D eigenvalue weighted by atomic mass is 10.2. The van der Waals surface area contributed by atoms with E-state index in [1.807, 2.05) is 0 Å². The molecule has 2 rings (SSSR count). The zero-order valence-corrected chi connectivity index (χ0v) is 13.8. The number of halogens is 4. The second kappa shape index (κ2) is 7.20. The van der Waals surface area contributed by atoms with Gasteiger partial charge in [0.15, 0.2) is 0 Å². The van der Waals surface area contributed by atoms with Gasteiger partial charge in [-0.3, -0.25) is 4.79 Å². The van der Waals surface area contributed by atoms with E-state index in [0.29, 0.717) is 15.6 Å². The average molecular weight is 378 g/mol. The van der Waals surface area contributed by atoms with Crippen LogP contribution >= 0.6 is 46.4 Å². The van der Waals surface area contributed by atoms with Gasteiger partial charge in [0.25, 0.3) is 5.91 Å². The van der Waals surface area contributed by atoms with Crippen LogP contribution in [-0.4, -0.2) is 17.2 Å². The molecule has 2 N–H and O–H groups in total. The Morgan fingerprint density at radius 2 is 1.73 bits per heavy atom. The number of phenolic OH excluding ortho intramolecular Hbond substituents is 1. The summed E-state index contributed by atoms with van der Waals surface area (Å²) in [6, 6.07) is 7.44. The molecular formula is C14H8Cl4N2O2. The predicted octanol–water partition coefficient (Wildman–Crippen LogP) is 4.77. The molecule has 0 radical (unpaired) electrons. The third kappa shape index (κ3) is 4.05. The second-order valence-electron chi connectivity index (χ2n) is 4.15. The third-order valence-corrected chi connectivity index (χ3v) is 3.67. The average Bonchev–Trinajstić information content (AvgIpc) is 2.45. The van der Waals surface area contributed by atoms with Crippen molar-refractivity contribution < 1.29 is 9.90 Å². The minimum absolute atomic E-state index is 0.0256. The largest absolute Gasteiger partial charge is 0.506 e. The molecular weight excluding hydrogens is 370 g/mol. The van der Waals surface area contributed by atoms with E-state index in [0.717, 1.165) is 0 Å². The van der Waals surface area contributed by atoms with Crippen molar-refractivity contribution in [1.29, 1.82) is 0 Å². The Balaban J connectivity index is 2.15. The summed E-state index contributed by atoms with van der Waals surface area (Å²) in [5.41, 5.74) is 2.73. The van der Waals surface area contributed by atoms with Crippen molar-refractivity contribution in [3.05, 3.63) is 61.5 Å². The minimum Gasteiger partial charge on any atom is -0.506 e. The van der Waals surface area contributed by atoms with E-state index < -0.39 is 5.91 Å². The van der Waals surface area contributed by atoms with Gasteiger partial charge in [0.1, 0.15) is 5.75 Å². The number of hydrogen-bond acceptors (Lipinski definition) is 3. The molecule has 4 nitrogen and oxygen atoms in total. The zero-order valence-electron chi connectivity index (χ0n) is 10.8. The van der Waals surface area contributed by atoms with Crippen LogP contribution < -0.4 is 5.43 Å². The SMILES string of the molecule is O=C(NN=Cc1ccc(Cl)cc1Cl)c1cc(Cl)cc(Cl)c1O. The number of nitrogens with one attached hydrogen (secondary N) is 1. The maximum atomic E-state index is 11.9. The first-order chi connectivity index (χ1) is 10.4. The molecule has 0 spiro atoms. The molecule has 0 fully saturated rings. The number of nitrogens with zero attached hydrogens (tertiary/aromatic N) is 1. The summed E-state index contributed by atoms with van der Waals surface area (Å²) in [4.78, 5) is 11.9. The molecule has 1 amide bonds. The number of rotatable bonds is 3. The van der Waals surface area contributed by atoms with E-state index in [9.17, 15) is 9.90 Å². The predicted molar refractivity (Wildman–Crippen MR) is 89.6 cm³/mol. The van der Waals surface area contributed by atoms with E-state index in [-0.39, 0.29) is 21.4 Å². The molecule has 0 heterocycles. The van der Waals surface area contributed by atoms with Gasteiger partial charge in [-0.15, -0.1) is 0 Å². The lowest BCUT2D eigenvalue weighted by molar-refractivity contribution is 0.0952. The van der Waals surface area contributed by atoms with Gasteiger partial charge in [-0.05, 0) is 24.3 Å². The normalized spacial score (nSPS) is 10.9. The molecule has 2 aromatic rings. The number of amides is 1. The first kappa shape index (κ1) is 16.9. The van der Waals surface area contributed by atoms with Gasteiger partial charge in [-0.1, -0.05) is 52.5 Å². The molecule has 0 atom stereocenters. The van der Waals surface area contributed by atoms with Crippen LogP contribution in [0.2, 0.25) is 20.1 Å². The highest BCUT2D eigenvalue weighted by Crippen LogP contribution is 2.31. The first-order valence-corrected chi connectivity index (χ1v) is 7.36. The van der Waals surface area contributed by atoms with Crippen LogP contribution in [0.3, 0.4) is 0 Å². The zero-order chi connectivity index (χ0) is 16.3. The Bertz CT molecular complexity index is 763. The van der Waals surface area contributed by atoms with E-state index in [1.54, 1.807) is 18.2 Å². The van der Waals surface area contributed by atoms with Crippen molar-refractivity contribution >= 4 is 58.5 Å². The Labute approximate surface area is 146 Å². The molecule has 0 aliphatic heterocycles. The quantitative estimate of drug-likeness (QED) is 0.597. The van der Waals surface area contributed by atoms with Crippen molar-refractivity contribution in [2.45, 2.75) is 0 Å². The molecule has 8 heteroatoms. The number of aromatic hydroxyl groups is 1. The molecule has 0 aliphatic carbocycles. The lowest BCUT2D eigenvalue weighted by Crippen LogP contribution is -2.17. The second-order valence-corrected chi connectivity index (χ2v) is 5.84. The molecule has 0 saturated carbocycles. The van der Waals surface area contributed by atoms with Gasteiger partial charge in [0, 0.05) is 15.6 Å². The Kier molecular flexibility index (Phi) is 5.53. The number of hydrogen-bond donors (Lipinski definition) is 2. The Morgan fingerprint density at radius 3 is 2.41 bits per heavy atom. The molecule has 0 aromatic heterocycles. The van der Waals surface area contributed by atoms with Crippen LogP contribution in [0.1, 0.15) is 15.9 Å². The third-order valence-electron chi connectivity index (χ3n) is 2.61. The Hall–Kier alpha value is -1.46. The fourth-order valence-electron chi connectivity index (χ4n) is 1.57. The Morgan fingerprint density at radius 1 is 1.05 bits per heavy atom. The molecule has 0 bridgehead atoms. The number of carbonyl (C=O) groups excluding carboxylic acids is 1. The molecule has 114 valence electrons. The van der Waals surface area contributed by atoms with Gasteiger partial charge in [-0.2, -0.15) is 5.10 Å². The maximum Gasteiger partial charge on any atom is 0.275 e. The number of hydrazone groups is 1. The smallest absolute Gasteiger partial charge is 0.275 e. The minimum atomic E-state index is -0.664. The van der Waals surface area contributed by atoms with Gasteiger partial charge < -0.3 is 5.11 Å². The van der Waals surface area contributed by atoms with Gasteiger partial charge in [0.2, 0.25) is 0 Å². The molecule has 2 aromatic carbocycles. The van der Waals surface area contributed by atoms with E-state index in [1.165, 1.54) is 18.3 Å². The summed E-state index contributed by atoms with van der Waals surface area (Å²) < 4.78 is 0. The van der Waals surface area contributed by atoms with Crippen molar-refractivity contribution in [2.75, 3.05) is 0 Å². The number of phenols is 1. The lowest BCUT2D eigenvalue weighted by Gasteiger charge is -2.05.